The highest BCUT2D eigenvalue weighted by atomic mass is 32.2. The summed E-state index contributed by atoms with van der Waals surface area (Å²) in [4.78, 5) is 36.2. The first-order chi connectivity index (χ1) is 13.2. The standard InChI is InChI=1S/C15H21F3N4O4S2/c16-15(17,18)6-26-14(25)22-10(23)7-2-4-27-12(7)21-11(24)13-20-8-5-19-3-1-9(8)28-13/h7-9,12-13,19-20H,1-6H2,(H,21,24)(H,22,23,25). The van der Waals surface area contributed by atoms with Gasteiger partial charge in [-0.2, -0.15) is 13.2 Å². The largest absolute Gasteiger partial charge is 0.440 e. The van der Waals surface area contributed by atoms with Gasteiger partial charge in [0.1, 0.15) is 5.37 Å². The van der Waals surface area contributed by atoms with Crippen molar-refractivity contribution < 1.29 is 32.3 Å². The number of carbonyl (C=O) groups excluding carboxylic acids is 3. The van der Waals surface area contributed by atoms with Crippen molar-refractivity contribution in [1.82, 2.24) is 21.3 Å². The molecule has 3 amide bonds. The van der Waals surface area contributed by atoms with Crippen LogP contribution in [-0.2, 0) is 14.3 Å². The van der Waals surface area contributed by atoms with Crippen molar-refractivity contribution in [2.45, 2.75) is 41.1 Å². The monoisotopic (exact) mass is 442 g/mol. The van der Waals surface area contributed by atoms with E-state index in [1.165, 1.54) is 11.8 Å². The SMILES string of the molecule is O=C(NC(=O)C1CCSC1NC(=O)C1NC2CNCCC2S1)OCC(F)(F)F. The van der Waals surface area contributed by atoms with Crippen molar-refractivity contribution in [3.63, 3.8) is 0 Å². The molecule has 5 unspecified atom stereocenters. The molecule has 3 heterocycles. The van der Waals surface area contributed by atoms with Crippen molar-refractivity contribution >= 4 is 41.4 Å². The summed E-state index contributed by atoms with van der Waals surface area (Å²) in [7, 11) is 0. The first-order valence-electron chi connectivity index (χ1n) is 8.81. The average molecular weight is 442 g/mol. The highest BCUT2D eigenvalue weighted by Gasteiger charge is 2.42. The van der Waals surface area contributed by atoms with Crippen LogP contribution in [0.5, 0.6) is 0 Å². The Bertz CT molecular complexity index is 611. The van der Waals surface area contributed by atoms with Gasteiger partial charge in [0.2, 0.25) is 11.8 Å². The predicted molar refractivity (Wildman–Crippen MR) is 97.6 cm³/mol. The predicted octanol–water partition coefficient (Wildman–Crippen LogP) is 0.390. The molecule has 0 spiro atoms. The van der Waals surface area contributed by atoms with Gasteiger partial charge in [-0.25, -0.2) is 4.79 Å². The van der Waals surface area contributed by atoms with Crippen LogP contribution in [0.4, 0.5) is 18.0 Å². The maximum atomic E-state index is 12.6. The Balaban J connectivity index is 1.48. The molecule has 28 heavy (non-hydrogen) atoms. The minimum Gasteiger partial charge on any atom is -0.440 e. The van der Waals surface area contributed by atoms with Gasteiger partial charge in [0.15, 0.2) is 6.61 Å². The maximum Gasteiger partial charge on any atom is 0.422 e. The lowest BCUT2D eigenvalue weighted by atomic mass is 10.1. The van der Waals surface area contributed by atoms with Gasteiger partial charge in [-0.15, -0.1) is 23.5 Å². The van der Waals surface area contributed by atoms with Gasteiger partial charge in [-0.3, -0.25) is 20.2 Å². The Morgan fingerprint density at radius 3 is 2.68 bits per heavy atom. The first kappa shape index (κ1) is 21.5. The smallest absolute Gasteiger partial charge is 0.422 e. The third-order valence-corrected chi connectivity index (χ3v) is 7.45. The summed E-state index contributed by atoms with van der Waals surface area (Å²) in [6.45, 7) is -0.0620. The van der Waals surface area contributed by atoms with Crippen molar-refractivity contribution in [2.75, 3.05) is 25.4 Å². The van der Waals surface area contributed by atoms with E-state index in [1.807, 2.05) is 5.32 Å². The fourth-order valence-corrected chi connectivity index (χ4v) is 6.05. The topological polar surface area (TPSA) is 109 Å². The zero-order valence-corrected chi connectivity index (χ0v) is 16.3. The summed E-state index contributed by atoms with van der Waals surface area (Å²) in [5.74, 6) is -1.13. The van der Waals surface area contributed by atoms with Gasteiger partial charge in [0, 0.05) is 17.8 Å². The van der Waals surface area contributed by atoms with Crippen molar-refractivity contribution in [3.8, 4) is 0 Å². The van der Waals surface area contributed by atoms with Crippen molar-refractivity contribution in [2.24, 2.45) is 5.92 Å². The van der Waals surface area contributed by atoms with E-state index in [-0.39, 0.29) is 11.9 Å². The van der Waals surface area contributed by atoms with Gasteiger partial charge < -0.3 is 15.4 Å². The molecule has 0 aromatic carbocycles. The number of thioether (sulfide) groups is 2. The number of nitrogens with one attached hydrogen (secondary N) is 4. The summed E-state index contributed by atoms with van der Waals surface area (Å²) in [5.41, 5.74) is 0. The number of fused-ring (bicyclic) bond motifs is 1. The van der Waals surface area contributed by atoms with Crippen LogP contribution in [0.1, 0.15) is 12.8 Å². The number of hydrogen-bond acceptors (Lipinski definition) is 8. The van der Waals surface area contributed by atoms with Gasteiger partial charge in [-0.05, 0) is 25.1 Å². The van der Waals surface area contributed by atoms with Crippen molar-refractivity contribution in [3.05, 3.63) is 0 Å². The number of piperidine rings is 1. The lowest BCUT2D eigenvalue weighted by Gasteiger charge is -2.24. The maximum absolute atomic E-state index is 12.6. The number of ether oxygens (including phenoxy) is 1. The molecular formula is C15H21F3N4O4S2. The fraction of sp³-hybridized carbons (Fsp3) is 0.800. The normalized spacial score (nSPS) is 32.5. The molecule has 3 aliphatic heterocycles. The van der Waals surface area contributed by atoms with Crippen LogP contribution < -0.4 is 21.3 Å². The van der Waals surface area contributed by atoms with Crippen LogP contribution in [0, 0.1) is 5.92 Å². The second-order valence-corrected chi connectivity index (χ2v) is 9.29. The number of alkyl halides is 3. The Morgan fingerprint density at radius 2 is 1.96 bits per heavy atom. The van der Waals surface area contributed by atoms with Crippen LogP contribution in [0.3, 0.4) is 0 Å². The zero-order valence-electron chi connectivity index (χ0n) is 14.7. The lowest BCUT2D eigenvalue weighted by Crippen LogP contribution is -2.51. The number of rotatable bonds is 4. The van der Waals surface area contributed by atoms with Crippen LogP contribution in [0.2, 0.25) is 0 Å². The third-order valence-electron chi connectivity index (χ3n) is 4.64. The minimum absolute atomic E-state index is 0.216. The summed E-state index contributed by atoms with van der Waals surface area (Å²) >= 11 is 2.92. The average Bonchev–Trinajstić information content (AvgIpc) is 3.25. The molecule has 0 aromatic rings. The molecule has 3 aliphatic rings. The summed E-state index contributed by atoms with van der Waals surface area (Å²) in [5, 5.41) is 10.6. The van der Waals surface area contributed by atoms with Crippen LogP contribution in [0.15, 0.2) is 0 Å². The molecule has 8 nitrogen and oxygen atoms in total. The number of amides is 3. The molecular weight excluding hydrogens is 421 g/mol. The van der Waals surface area contributed by atoms with Crippen LogP contribution >= 0.6 is 23.5 Å². The molecule has 3 saturated heterocycles. The molecule has 0 aliphatic carbocycles. The second kappa shape index (κ2) is 9.09. The highest BCUT2D eigenvalue weighted by Crippen LogP contribution is 2.34. The van der Waals surface area contributed by atoms with Gasteiger partial charge in [0.05, 0.1) is 11.3 Å². The molecule has 13 heteroatoms. The first-order valence-corrected chi connectivity index (χ1v) is 10.8. The van der Waals surface area contributed by atoms with Crippen molar-refractivity contribution in [1.29, 1.82) is 0 Å². The summed E-state index contributed by atoms with van der Waals surface area (Å²) in [6.07, 6.45) is -4.75. The quantitative estimate of drug-likeness (QED) is 0.495. The minimum atomic E-state index is -4.67. The molecule has 0 aromatic heterocycles. The summed E-state index contributed by atoms with van der Waals surface area (Å²) in [6, 6.07) is 0.216. The van der Waals surface area contributed by atoms with Gasteiger partial charge >= 0.3 is 12.3 Å². The van der Waals surface area contributed by atoms with E-state index in [4.69, 9.17) is 0 Å². The Kier molecular flexibility index (Phi) is 6.99. The fourth-order valence-electron chi connectivity index (χ4n) is 3.30. The van der Waals surface area contributed by atoms with Gasteiger partial charge in [-0.1, -0.05) is 0 Å². The molecule has 5 atom stereocenters. The molecule has 3 rings (SSSR count). The number of alkyl carbamates (subject to hydrolysis) is 1. The molecule has 158 valence electrons. The number of halogens is 3. The third kappa shape index (κ3) is 5.67. The van der Waals surface area contributed by atoms with E-state index in [2.05, 4.69) is 20.7 Å². The Hall–Kier alpha value is -1.18. The van der Waals surface area contributed by atoms with Gasteiger partial charge in [0.25, 0.3) is 0 Å². The van der Waals surface area contributed by atoms with E-state index in [9.17, 15) is 27.6 Å². The van der Waals surface area contributed by atoms with E-state index in [0.717, 1.165) is 19.5 Å². The number of imide groups is 1. The van der Waals surface area contributed by atoms with E-state index in [0.29, 0.717) is 17.4 Å². The molecule has 0 saturated carbocycles. The summed E-state index contributed by atoms with van der Waals surface area (Å²) < 4.78 is 40.2. The number of carbonyl (C=O) groups is 3. The molecule has 3 fully saturated rings. The second-order valence-electron chi connectivity index (χ2n) is 6.70. The Labute approximate surface area is 167 Å². The van der Waals surface area contributed by atoms with Crippen LogP contribution in [0.25, 0.3) is 0 Å². The van der Waals surface area contributed by atoms with E-state index < -0.39 is 41.4 Å². The Morgan fingerprint density at radius 1 is 1.18 bits per heavy atom. The molecule has 0 bridgehead atoms. The molecule has 0 radical (unpaired) electrons. The van der Waals surface area contributed by atoms with E-state index in [1.54, 1.807) is 11.8 Å². The lowest BCUT2D eigenvalue weighted by molar-refractivity contribution is -0.161. The van der Waals surface area contributed by atoms with E-state index >= 15 is 0 Å². The zero-order chi connectivity index (χ0) is 20.3. The number of hydrogen-bond donors (Lipinski definition) is 4. The molecule has 4 N–H and O–H groups in total. The van der Waals surface area contributed by atoms with Crippen LogP contribution in [-0.4, -0.2) is 71.6 Å². The highest BCUT2D eigenvalue weighted by molar-refractivity contribution is 8.01.